The summed E-state index contributed by atoms with van der Waals surface area (Å²) in [6.07, 6.45) is -4.34. The Balaban J connectivity index is 1.79. The van der Waals surface area contributed by atoms with Crippen LogP contribution in [0.5, 0.6) is 0 Å². The van der Waals surface area contributed by atoms with Crippen molar-refractivity contribution in [2.24, 2.45) is 11.8 Å². The van der Waals surface area contributed by atoms with Gasteiger partial charge in [-0.05, 0) is 37.1 Å². The molecule has 2 saturated heterocycles. The van der Waals surface area contributed by atoms with E-state index in [-0.39, 0.29) is 5.69 Å². The van der Waals surface area contributed by atoms with Gasteiger partial charge in [-0.15, -0.1) is 0 Å². The summed E-state index contributed by atoms with van der Waals surface area (Å²) in [5, 5.41) is 0. The van der Waals surface area contributed by atoms with E-state index in [2.05, 4.69) is 16.8 Å². The summed E-state index contributed by atoms with van der Waals surface area (Å²) in [5.74, 6) is 1.20. The predicted octanol–water partition coefficient (Wildman–Crippen LogP) is 2.29. The molecule has 0 amide bonds. The molecule has 20 heavy (non-hydrogen) atoms. The molecule has 3 rings (SSSR count). The number of nitrogen functional groups attached to an aromatic ring is 1. The molecule has 1 aromatic rings. The number of rotatable bonds is 1. The number of nitrogens with two attached hydrogens (primary N) is 1. The minimum absolute atomic E-state index is 0.216. The lowest BCUT2D eigenvalue weighted by Gasteiger charge is -2.23. The molecule has 0 spiro atoms. The Morgan fingerprint density at radius 3 is 2.20 bits per heavy atom. The summed E-state index contributed by atoms with van der Waals surface area (Å²) in [4.78, 5) is 4.43. The Kier molecular flexibility index (Phi) is 3.08. The second kappa shape index (κ2) is 4.55. The predicted molar refractivity (Wildman–Crippen MR) is 72.5 cm³/mol. The molecule has 2 atom stereocenters. The monoisotopic (exact) mass is 285 g/mol. The van der Waals surface area contributed by atoms with E-state index in [4.69, 9.17) is 5.73 Å². The van der Waals surface area contributed by atoms with Gasteiger partial charge in [0.25, 0.3) is 0 Å². The van der Waals surface area contributed by atoms with Crippen molar-refractivity contribution in [3.8, 4) is 0 Å². The normalized spacial score (nSPS) is 27.1. The number of fused-ring (bicyclic) bond motifs is 1. The largest absolute Gasteiger partial charge is 0.416 e. The van der Waals surface area contributed by atoms with Gasteiger partial charge in [-0.2, -0.15) is 13.2 Å². The second-order valence-corrected chi connectivity index (χ2v) is 5.92. The van der Waals surface area contributed by atoms with Crippen molar-refractivity contribution >= 4 is 11.4 Å². The zero-order valence-corrected chi connectivity index (χ0v) is 11.3. The maximum Gasteiger partial charge on any atom is 0.416 e. The highest BCUT2D eigenvalue weighted by atomic mass is 19.4. The van der Waals surface area contributed by atoms with E-state index in [1.165, 1.54) is 6.07 Å². The minimum atomic E-state index is -4.34. The lowest BCUT2D eigenvalue weighted by Crippen LogP contribution is -2.27. The highest BCUT2D eigenvalue weighted by Crippen LogP contribution is 2.38. The van der Waals surface area contributed by atoms with E-state index < -0.39 is 11.7 Å². The minimum Gasteiger partial charge on any atom is -0.397 e. The smallest absolute Gasteiger partial charge is 0.397 e. The second-order valence-electron chi connectivity index (χ2n) is 5.92. The molecule has 2 N–H and O–H groups in total. The van der Waals surface area contributed by atoms with Crippen LogP contribution in [0.25, 0.3) is 0 Å². The van der Waals surface area contributed by atoms with E-state index in [9.17, 15) is 13.2 Å². The van der Waals surface area contributed by atoms with Crippen molar-refractivity contribution in [1.29, 1.82) is 0 Å². The van der Waals surface area contributed by atoms with Crippen molar-refractivity contribution in [3.63, 3.8) is 0 Å². The van der Waals surface area contributed by atoms with Gasteiger partial charge < -0.3 is 15.5 Å². The zero-order valence-electron chi connectivity index (χ0n) is 11.3. The highest BCUT2D eigenvalue weighted by molar-refractivity contribution is 5.69. The number of alkyl halides is 3. The number of hydrogen-bond donors (Lipinski definition) is 1. The summed E-state index contributed by atoms with van der Waals surface area (Å²) < 4.78 is 37.9. The standard InChI is InChI=1S/C14H18F3N3/c1-19-5-9-7-20(8-10(9)6-19)13-3-2-11(4-12(13)18)14(15,16)17/h2-4,9-10H,5-8,18H2,1H3/t9-,10+. The third-order valence-corrected chi connectivity index (χ3v) is 4.36. The molecule has 2 aliphatic heterocycles. The Hall–Kier alpha value is -1.43. The molecule has 6 heteroatoms. The molecule has 2 heterocycles. The molecular weight excluding hydrogens is 267 g/mol. The first kappa shape index (κ1) is 13.5. The van der Waals surface area contributed by atoms with Crippen LogP contribution in [0.3, 0.4) is 0 Å². The topological polar surface area (TPSA) is 32.5 Å². The van der Waals surface area contributed by atoms with Crippen molar-refractivity contribution in [3.05, 3.63) is 23.8 Å². The fourth-order valence-electron chi connectivity index (χ4n) is 3.44. The first-order chi connectivity index (χ1) is 9.34. The van der Waals surface area contributed by atoms with Gasteiger partial charge in [0.2, 0.25) is 0 Å². The first-order valence-electron chi connectivity index (χ1n) is 6.75. The maximum absolute atomic E-state index is 12.6. The number of hydrogen-bond acceptors (Lipinski definition) is 3. The van der Waals surface area contributed by atoms with Crippen LogP contribution in [0.4, 0.5) is 24.5 Å². The van der Waals surface area contributed by atoms with E-state index >= 15 is 0 Å². The van der Waals surface area contributed by atoms with Crippen molar-refractivity contribution in [1.82, 2.24) is 4.90 Å². The molecule has 0 aromatic heterocycles. The SMILES string of the molecule is CN1C[C@@H]2CN(c3ccc(C(F)(F)F)cc3N)C[C@@H]2C1. The highest BCUT2D eigenvalue weighted by Gasteiger charge is 2.39. The summed E-state index contributed by atoms with van der Waals surface area (Å²) in [7, 11) is 2.11. The maximum atomic E-state index is 12.6. The number of benzene rings is 1. The number of likely N-dealkylation sites (tertiary alicyclic amines) is 1. The summed E-state index contributed by atoms with van der Waals surface area (Å²) in [6.45, 7) is 3.87. The fourth-order valence-corrected chi connectivity index (χ4v) is 3.44. The molecule has 2 fully saturated rings. The molecule has 0 saturated carbocycles. The van der Waals surface area contributed by atoms with Crippen LogP contribution in [0.2, 0.25) is 0 Å². The molecule has 1 aromatic carbocycles. The van der Waals surface area contributed by atoms with Crippen LogP contribution < -0.4 is 10.6 Å². The zero-order chi connectivity index (χ0) is 14.5. The molecule has 0 radical (unpaired) electrons. The van der Waals surface area contributed by atoms with Gasteiger partial charge in [-0.1, -0.05) is 0 Å². The Bertz CT molecular complexity index is 501. The average Bonchev–Trinajstić information content (AvgIpc) is 2.84. The van der Waals surface area contributed by atoms with Gasteiger partial charge in [0.1, 0.15) is 0 Å². The van der Waals surface area contributed by atoms with Gasteiger partial charge in [0.05, 0.1) is 16.9 Å². The summed E-state index contributed by atoms with van der Waals surface area (Å²) in [5.41, 5.74) is 6.09. The first-order valence-corrected chi connectivity index (χ1v) is 6.75. The quantitative estimate of drug-likeness (QED) is 0.804. The molecule has 110 valence electrons. The lowest BCUT2D eigenvalue weighted by atomic mass is 10.0. The Labute approximate surface area is 116 Å². The Morgan fingerprint density at radius 1 is 1.10 bits per heavy atom. The van der Waals surface area contributed by atoms with Crippen LogP contribution in [0.1, 0.15) is 5.56 Å². The third-order valence-electron chi connectivity index (χ3n) is 4.36. The van der Waals surface area contributed by atoms with Crippen molar-refractivity contribution in [2.45, 2.75) is 6.18 Å². The van der Waals surface area contributed by atoms with Crippen LogP contribution in [-0.4, -0.2) is 38.1 Å². The van der Waals surface area contributed by atoms with Gasteiger partial charge in [0.15, 0.2) is 0 Å². The molecule has 2 aliphatic rings. The van der Waals surface area contributed by atoms with Crippen LogP contribution in [0, 0.1) is 11.8 Å². The lowest BCUT2D eigenvalue weighted by molar-refractivity contribution is -0.137. The van der Waals surface area contributed by atoms with Gasteiger partial charge in [0, 0.05) is 26.2 Å². The number of halogens is 3. The molecule has 0 unspecified atom stereocenters. The van der Waals surface area contributed by atoms with Crippen LogP contribution >= 0.6 is 0 Å². The van der Waals surface area contributed by atoms with Crippen molar-refractivity contribution < 1.29 is 13.2 Å². The molecule has 0 bridgehead atoms. The molecule has 3 nitrogen and oxygen atoms in total. The Morgan fingerprint density at radius 2 is 1.70 bits per heavy atom. The van der Waals surface area contributed by atoms with E-state index in [0.717, 1.165) is 44.0 Å². The van der Waals surface area contributed by atoms with Crippen LogP contribution in [-0.2, 0) is 6.18 Å². The molecular formula is C14H18F3N3. The van der Waals surface area contributed by atoms with Gasteiger partial charge in [-0.3, -0.25) is 0 Å². The van der Waals surface area contributed by atoms with Gasteiger partial charge in [-0.25, -0.2) is 0 Å². The fraction of sp³-hybridized carbons (Fsp3) is 0.571. The van der Waals surface area contributed by atoms with E-state index in [1.54, 1.807) is 0 Å². The van der Waals surface area contributed by atoms with Crippen LogP contribution in [0.15, 0.2) is 18.2 Å². The molecule has 0 aliphatic carbocycles. The number of anilines is 2. The summed E-state index contributed by atoms with van der Waals surface area (Å²) in [6, 6.07) is 3.66. The summed E-state index contributed by atoms with van der Waals surface area (Å²) >= 11 is 0. The van der Waals surface area contributed by atoms with E-state index in [1.807, 2.05) is 0 Å². The van der Waals surface area contributed by atoms with Gasteiger partial charge >= 0.3 is 6.18 Å². The number of nitrogens with zero attached hydrogens (tertiary/aromatic N) is 2. The van der Waals surface area contributed by atoms with E-state index in [0.29, 0.717) is 11.8 Å². The van der Waals surface area contributed by atoms with Crippen molar-refractivity contribution in [2.75, 3.05) is 43.9 Å². The average molecular weight is 285 g/mol. The third kappa shape index (κ3) is 2.32.